The van der Waals surface area contributed by atoms with Gasteiger partial charge in [-0.15, -0.1) is 0 Å². The number of carboxylic acids is 1. The summed E-state index contributed by atoms with van der Waals surface area (Å²) in [5.41, 5.74) is 0. The summed E-state index contributed by atoms with van der Waals surface area (Å²) in [5, 5.41) is 9.68. The molecule has 1 N–H and O–H groups in total. The number of aliphatic carboxylic acids is 1. The molecule has 0 aromatic heterocycles. The monoisotopic (exact) mass is 657 g/mol. The van der Waals surface area contributed by atoms with Gasteiger partial charge in [-0.1, -0.05) is 13.8 Å². The Morgan fingerprint density at radius 1 is 0.921 bits per heavy atom. The van der Waals surface area contributed by atoms with Crippen molar-refractivity contribution in [2.75, 3.05) is 13.2 Å². The van der Waals surface area contributed by atoms with Gasteiger partial charge in [0.15, 0.2) is 0 Å². The van der Waals surface area contributed by atoms with Crippen LogP contribution in [0.5, 0.6) is 0 Å². The summed E-state index contributed by atoms with van der Waals surface area (Å²) in [7, 11) is 0. The number of hydrogen-bond donors (Lipinski definition) is 1. The van der Waals surface area contributed by atoms with Gasteiger partial charge in [-0.25, -0.2) is 0 Å². The topological polar surface area (TPSA) is 89.9 Å². The molecule has 0 radical (unpaired) electrons. The van der Waals surface area contributed by atoms with Crippen molar-refractivity contribution in [1.82, 2.24) is 0 Å². The molecule has 0 amide bonds. The number of esters is 2. The van der Waals surface area contributed by atoms with Crippen molar-refractivity contribution in [3.8, 4) is 0 Å². The van der Waals surface area contributed by atoms with Crippen molar-refractivity contribution in [3.63, 3.8) is 0 Å². The van der Waals surface area contributed by atoms with Gasteiger partial charge in [-0.3, -0.25) is 9.59 Å². The van der Waals surface area contributed by atoms with Crippen LogP contribution < -0.4 is 8.92 Å². The first-order valence-electron chi connectivity index (χ1n) is 13.1. The van der Waals surface area contributed by atoms with Crippen LogP contribution in [0.3, 0.4) is 0 Å². The van der Waals surface area contributed by atoms with Crippen LogP contribution in [0.2, 0.25) is 5.32 Å². The van der Waals surface area contributed by atoms with E-state index in [-0.39, 0.29) is 11.9 Å². The molecule has 0 saturated carbocycles. The molecule has 1 unspecified atom stereocenters. The second-order valence-corrected chi connectivity index (χ2v) is 12.9. The molecule has 2 aliphatic rings. The van der Waals surface area contributed by atoms with Gasteiger partial charge >= 0.3 is 159 Å². The van der Waals surface area contributed by atoms with Crippen molar-refractivity contribution in [1.29, 1.82) is 0 Å². The van der Waals surface area contributed by atoms with E-state index in [0.717, 1.165) is 24.6 Å². The molecule has 6 nitrogen and oxygen atoms in total. The zero-order valence-electron chi connectivity index (χ0n) is 22.7. The zero-order valence-corrected chi connectivity index (χ0v) is 26.1. The van der Waals surface area contributed by atoms with Gasteiger partial charge in [0.2, 0.25) is 0 Å². The molecule has 3 atom stereocenters. The number of rotatable bonds is 6. The molecule has 0 bridgehead atoms. The van der Waals surface area contributed by atoms with Crippen LogP contribution in [0.4, 0.5) is 0 Å². The van der Waals surface area contributed by atoms with Crippen LogP contribution in [0, 0.1) is 17.8 Å². The van der Waals surface area contributed by atoms with Gasteiger partial charge < -0.3 is 9.47 Å². The van der Waals surface area contributed by atoms with Crippen molar-refractivity contribution in [2.24, 2.45) is 17.8 Å². The first kappa shape index (κ1) is 33.9. The third-order valence-corrected chi connectivity index (χ3v) is 9.00. The molecule has 2 aromatic rings. The standard InChI is InChI=1S/C12H16O2Se.2C6H10O2.C6H6Se/c1-10(7-8-12(13)14)9-15-11-5-3-2-4-6-11;2*1-5-2-3-6(7)8-4-5;7-6-4-2-1-3-5-6/h2-6,10H,7-9H2,1H3,(H,13,14);2*5H,2-4H2,1H3;1-5,7H/p-1/t10-;5-;;/m01../s1. The van der Waals surface area contributed by atoms with E-state index in [1.54, 1.807) is 0 Å². The molecular formula is C30H41O6Se2-. The van der Waals surface area contributed by atoms with E-state index in [4.69, 9.17) is 14.6 Å². The molecule has 2 aromatic carbocycles. The molecule has 4 rings (SSSR count). The predicted molar refractivity (Wildman–Crippen MR) is 153 cm³/mol. The summed E-state index contributed by atoms with van der Waals surface area (Å²) in [6.07, 6.45) is 4.32. The molecule has 2 fully saturated rings. The Balaban J connectivity index is 0.000000268. The van der Waals surface area contributed by atoms with E-state index < -0.39 is 5.97 Å². The summed E-state index contributed by atoms with van der Waals surface area (Å²) >= 11 is 3.39. The van der Waals surface area contributed by atoms with Crippen LogP contribution in [0.25, 0.3) is 0 Å². The van der Waals surface area contributed by atoms with Crippen LogP contribution in [-0.4, -0.2) is 67.2 Å². The summed E-state index contributed by atoms with van der Waals surface area (Å²) in [6.45, 7) is 7.56. The van der Waals surface area contributed by atoms with E-state index in [1.807, 2.05) is 36.4 Å². The van der Waals surface area contributed by atoms with E-state index in [2.05, 4.69) is 61.0 Å². The molecule has 0 spiro atoms. The molecule has 2 heterocycles. The SMILES string of the molecule is CC1CCC(=O)OC1.C[C@@H](CCC(=O)O)C[Se]c1ccccc1.C[C@@H]1CCC(=O)OC1.[Se-]c1ccccc1. The van der Waals surface area contributed by atoms with E-state index in [9.17, 15) is 14.4 Å². The Kier molecular flexibility index (Phi) is 18.6. The Labute approximate surface area is 242 Å². The third kappa shape index (κ3) is 19.0. The molecule has 38 heavy (non-hydrogen) atoms. The molecule has 2 aliphatic heterocycles. The number of benzene rings is 2. The van der Waals surface area contributed by atoms with E-state index >= 15 is 0 Å². The number of ether oxygens (including phenoxy) is 2. The van der Waals surface area contributed by atoms with Gasteiger partial charge in [0.1, 0.15) is 0 Å². The number of hydrogen-bond acceptors (Lipinski definition) is 5. The Bertz CT molecular complexity index is 877. The molecular weight excluding hydrogens is 614 g/mol. The van der Waals surface area contributed by atoms with E-state index in [1.165, 1.54) is 8.92 Å². The second-order valence-electron chi connectivity index (χ2n) is 9.63. The summed E-state index contributed by atoms with van der Waals surface area (Å²) in [4.78, 5) is 31.2. The number of carbonyl (C=O) groups excluding carboxylic acids is 2. The van der Waals surface area contributed by atoms with Crippen LogP contribution in [0.15, 0.2) is 60.7 Å². The third-order valence-electron chi connectivity index (χ3n) is 5.61. The maximum atomic E-state index is 10.4. The van der Waals surface area contributed by atoms with Crippen LogP contribution in [-0.2, 0) is 23.9 Å². The maximum absolute atomic E-state index is 10.4. The molecule has 8 heteroatoms. The molecule has 0 aliphatic carbocycles. The zero-order chi connectivity index (χ0) is 28.2. The minimum absolute atomic E-state index is 0.0388. The van der Waals surface area contributed by atoms with Gasteiger partial charge in [0, 0.05) is 12.8 Å². The first-order chi connectivity index (χ1) is 18.2. The Morgan fingerprint density at radius 3 is 1.74 bits per heavy atom. The average Bonchev–Trinajstić information content (AvgIpc) is 2.92. The van der Waals surface area contributed by atoms with Gasteiger partial charge in [-0.2, -0.15) is 0 Å². The quantitative estimate of drug-likeness (QED) is 0.368. The number of cyclic esters (lactones) is 2. The van der Waals surface area contributed by atoms with Gasteiger partial charge in [0.05, 0.1) is 13.2 Å². The average molecular weight is 656 g/mol. The molecule has 2 saturated heterocycles. The van der Waals surface area contributed by atoms with E-state index in [0.29, 0.717) is 65.2 Å². The Morgan fingerprint density at radius 2 is 1.39 bits per heavy atom. The predicted octanol–water partition coefficient (Wildman–Crippen LogP) is 4.33. The summed E-state index contributed by atoms with van der Waals surface area (Å²) < 4.78 is 12.1. The van der Waals surface area contributed by atoms with Crippen molar-refractivity contribution >= 4 is 57.8 Å². The number of carboxylic acid groups (broad SMARTS) is 1. The van der Waals surface area contributed by atoms with Gasteiger partial charge in [-0.05, 0) is 24.7 Å². The second kappa shape index (κ2) is 20.8. The van der Waals surface area contributed by atoms with Crippen molar-refractivity contribution in [3.05, 3.63) is 60.7 Å². The Hall–Kier alpha value is -2.11. The van der Waals surface area contributed by atoms with Crippen LogP contribution >= 0.6 is 0 Å². The first-order valence-corrected chi connectivity index (χ1v) is 16.0. The normalized spacial score (nSPS) is 18.9. The fourth-order valence-electron chi connectivity index (χ4n) is 3.14. The summed E-state index contributed by atoms with van der Waals surface area (Å²) in [6, 6.07) is 20.5. The van der Waals surface area contributed by atoms with Crippen molar-refractivity contribution < 1.29 is 29.0 Å². The minimum atomic E-state index is -0.686. The fourth-order valence-corrected chi connectivity index (χ4v) is 5.55. The fraction of sp³-hybridized carbons (Fsp3) is 0.500. The van der Waals surface area contributed by atoms with Crippen LogP contribution in [0.1, 0.15) is 59.3 Å². The summed E-state index contributed by atoms with van der Waals surface area (Å²) in [5.74, 6) is 0.905. The number of carbonyl (C=O) groups is 3. The van der Waals surface area contributed by atoms with Gasteiger partial charge in [0.25, 0.3) is 0 Å². The molecule has 210 valence electrons. The van der Waals surface area contributed by atoms with Crippen molar-refractivity contribution in [2.45, 2.75) is 64.6 Å².